The van der Waals surface area contributed by atoms with E-state index in [1.807, 2.05) is 6.07 Å². The number of nitriles is 1. The average Bonchev–Trinajstić information content (AvgIpc) is 3.11. The first-order chi connectivity index (χ1) is 14.0. The molecule has 1 saturated carbocycles. The number of hydrogen-bond acceptors (Lipinski definition) is 5. The van der Waals surface area contributed by atoms with Crippen LogP contribution >= 0.6 is 11.6 Å². The summed E-state index contributed by atoms with van der Waals surface area (Å²) in [5, 5.41) is 20.8. The zero-order valence-corrected chi connectivity index (χ0v) is 17.5. The van der Waals surface area contributed by atoms with Gasteiger partial charge in [0.2, 0.25) is 0 Å². The molecule has 1 atom stereocenters. The SMILES string of the molecule is CN(C)C1C=Cc2c(NC3CCC(Oc4ccc(C#N)c(Cl)c4)CC3)n[nH]c2C1. The maximum absolute atomic E-state index is 8.98. The number of hydrogen-bond donors (Lipinski definition) is 2. The number of anilines is 1. The first-order valence-electron chi connectivity index (χ1n) is 10.1. The monoisotopic (exact) mass is 411 g/mol. The predicted molar refractivity (Wildman–Crippen MR) is 115 cm³/mol. The lowest BCUT2D eigenvalue weighted by Crippen LogP contribution is -2.32. The molecule has 152 valence electrons. The molecule has 0 radical (unpaired) electrons. The molecule has 4 rings (SSSR count). The lowest BCUT2D eigenvalue weighted by Gasteiger charge is -2.30. The minimum atomic E-state index is 0.172. The molecule has 1 unspecified atom stereocenters. The molecular formula is C22H26ClN5O. The van der Waals surface area contributed by atoms with Crippen LogP contribution in [0.2, 0.25) is 5.02 Å². The number of rotatable bonds is 5. The Morgan fingerprint density at radius 3 is 2.76 bits per heavy atom. The maximum Gasteiger partial charge on any atom is 0.155 e. The smallest absolute Gasteiger partial charge is 0.155 e. The second-order valence-corrected chi connectivity index (χ2v) is 8.46. The Kier molecular flexibility index (Phi) is 5.79. The molecule has 1 heterocycles. The standard InChI is InChI=1S/C22H26ClN5O/c1-28(2)16-6-10-19-21(11-16)26-27-22(19)25-15-4-8-17(9-5-15)29-18-7-3-14(13-24)20(23)12-18/h3,6-7,10,12,15-17H,4-5,8-9,11H2,1-2H3,(H2,25,26,27). The van der Waals surface area contributed by atoms with Crippen LogP contribution in [0.5, 0.6) is 5.75 Å². The zero-order valence-electron chi connectivity index (χ0n) is 16.8. The van der Waals surface area contributed by atoms with Gasteiger partial charge in [-0.3, -0.25) is 5.10 Å². The van der Waals surface area contributed by atoms with E-state index >= 15 is 0 Å². The number of benzene rings is 1. The first kappa shape index (κ1) is 19.8. The van der Waals surface area contributed by atoms with Crippen molar-refractivity contribution < 1.29 is 4.74 Å². The quantitative estimate of drug-likeness (QED) is 0.769. The van der Waals surface area contributed by atoms with Crippen molar-refractivity contribution in [2.75, 3.05) is 19.4 Å². The fourth-order valence-corrected chi connectivity index (χ4v) is 4.25. The highest BCUT2D eigenvalue weighted by atomic mass is 35.5. The summed E-state index contributed by atoms with van der Waals surface area (Å²) in [4.78, 5) is 2.22. The number of halogens is 1. The molecule has 0 amide bonds. The summed E-state index contributed by atoms with van der Waals surface area (Å²) in [6, 6.07) is 8.14. The molecule has 6 nitrogen and oxygen atoms in total. The van der Waals surface area contributed by atoms with E-state index in [4.69, 9.17) is 21.6 Å². The number of ether oxygens (including phenoxy) is 1. The lowest BCUT2D eigenvalue weighted by molar-refractivity contribution is 0.150. The van der Waals surface area contributed by atoms with Crippen molar-refractivity contribution in [1.82, 2.24) is 15.1 Å². The van der Waals surface area contributed by atoms with Gasteiger partial charge in [-0.05, 0) is 51.9 Å². The van der Waals surface area contributed by atoms with Crippen molar-refractivity contribution in [2.24, 2.45) is 0 Å². The van der Waals surface area contributed by atoms with Crippen LogP contribution in [0.3, 0.4) is 0 Å². The van der Waals surface area contributed by atoms with Gasteiger partial charge in [0.1, 0.15) is 11.8 Å². The van der Waals surface area contributed by atoms with E-state index in [1.54, 1.807) is 12.1 Å². The summed E-state index contributed by atoms with van der Waals surface area (Å²) in [6.45, 7) is 0. The average molecular weight is 412 g/mol. The van der Waals surface area contributed by atoms with Gasteiger partial charge < -0.3 is 15.0 Å². The van der Waals surface area contributed by atoms with Gasteiger partial charge in [0.15, 0.2) is 5.82 Å². The van der Waals surface area contributed by atoms with E-state index in [1.165, 1.54) is 11.3 Å². The van der Waals surface area contributed by atoms with Crippen molar-refractivity contribution in [3.05, 3.63) is 46.1 Å². The van der Waals surface area contributed by atoms with Gasteiger partial charge in [-0.1, -0.05) is 23.8 Å². The highest BCUT2D eigenvalue weighted by Crippen LogP contribution is 2.30. The Morgan fingerprint density at radius 1 is 1.28 bits per heavy atom. The Balaban J connectivity index is 1.31. The molecule has 2 N–H and O–H groups in total. The lowest BCUT2D eigenvalue weighted by atomic mass is 9.92. The van der Waals surface area contributed by atoms with Crippen LogP contribution in [0.4, 0.5) is 5.82 Å². The van der Waals surface area contributed by atoms with Gasteiger partial charge in [-0.25, -0.2) is 0 Å². The second kappa shape index (κ2) is 8.48. The second-order valence-electron chi connectivity index (χ2n) is 8.05. The van der Waals surface area contributed by atoms with Gasteiger partial charge in [0.25, 0.3) is 0 Å². The fourth-order valence-electron chi connectivity index (χ4n) is 4.04. The number of fused-ring (bicyclic) bond motifs is 1. The summed E-state index contributed by atoms with van der Waals surface area (Å²) >= 11 is 6.10. The Morgan fingerprint density at radius 2 is 2.07 bits per heavy atom. The van der Waals surface area contributed by atoms with E-state index in [9.17, 15) is 0 Å². The van der Waals surface area contributed by atoms with E-state index in [2.05, 4.69) is 52.7 Å². The summed E-state index contributed by atoms with van der Waals surface area (Å²) in [5.41, 5.74) is 2.86. The van der Waals surface area contributed by atoms with Crippen LogP contribution in [0.15, 0.2) is 24.3 Å². The zero-order chi connectivity index (χ0) is 20.4. The Hall–Kier alpha value is -2.49. The number of nitrogens with one attached hydrogen (secondary N) is 2. The largest absolute Gasteiger partial charge is 0.490 e. The van der Waals surface area contributed by atoms with Crippen LogP contribution in [0, 0.1) is 11.3 Å². The van der Waals surface area contributed by atoms with Gasteiger partial charge in [-0.2, -0.15) is 10.4 Å². The molecule has 1 aromatic carbocycles. The number of aromatic nitrogens is 2. The molecule has 1 aromatic heterocycles. The van der Waals surface area contributed by atoms with Crippen molar-refractivity contribution in [3.8, 4) is 11.8 Å². The number of nitrogens with zero attached hydrogens (tertiary/aromatic N) is 3. The van der Waals surface area contributed by atoms with Crippen molar-refractivity contribution in [1.29, 1.82) is 5.26 Å². The highest BCUT2D eigenvalue weighted by Gasteiger charge is 2.26. The topological polar surface area (TPSA) is 77.0 Å². The normalized spacial score (nSPS) is 23.5. The molecule has 0 aliphatic heterocycles. The fraction of sp³-hybridized carbons (Fsp3) is 0.455. The number of likely N-dealkylation sites (N-methyl/N-ethyl adjacent to an activating group) is 1. The van der Waals surface area contributed by atoms with Crippen molar-refractivity contribution >= 4 is 23.5 Å². The molecule has 0 spiro atoms. The molecule has 0 bridgehead atoms. The molecule has 7 heteroatoms. The molecule has 2 aliphatic carbocycles. The molecule has 1 fully saturated rings. The van der Waals surface area contributed by atoms with Crippen molar-refractivity contribution in [3.63, 3.8) is 0 Å². The van der Waals surface area contributed by atoms with Crippen LogP contribution in [0.1, 0.15) is 42.5 Å². The maximum atomic E-state index is 8.98. The minimum Gasteiger partial charge on any atom is -0.490 e. The van der Waals surface area contributed by atoms with Gasteiger partial charge >= 0.3 is 0 Å². The van der Waals surface area contributed by atoms with Gasteiger partial charge in [-0.15, -0.1) is 0 Å². The van der Waals surface area contributed by atoms with Crippen LogP contribution < -0.4 is 10.1 Å². The Bertz CT molecular complexity index is 937. The van der Waals surface area contributed by atoms with Crippen molar-refractivity contribution in [2.45, 2.75) is 50.3 Å². The number of aromatic amines is 1. The van der Waals surface area contributed by atoms with Gasteiger partial charge in [0.05, 0.1) is 16.7 Å². The van der Waals surface area contributed by atoms with Gasteiger partial charge in [0, 0.05) is 35.8 Å². The molecule has 0 saturated heterocycles. The van der Waals surface area contributed by atoms with E-state index < -0.39 is 0 Å². The minimum absolute atomic E-state index is 0.172. The summed E-state index contributed by atoms with van der Waals surface area (Å²) in [7, 11) is 4.20. The van der Waals surface area contributed by atoms with Crippen LogP contribution in [-0.2, 0) is 6.42 Å². The summed E-state index contributed by atoms with van der Waals surface area (Å²) in [5.74, 6) is 1.68. The molecule has 2 aliphatic rings. The first-order valence-corrected chi connectivity index (χ1v) is 10.5. The molecular weight excluding hydrogens is 386 g/mol. The van der Waals surface area contributed by atoms with E-state index in [0.717, 1.165) is 43.7 Å². The number of H-pyrrole nitrogens is 1. The Labute approximate surface area is 176 Å². The van der Waals surface area contributed by atoms with Crippen LogP contribution in [-0.4, -0.2) is 47.4 Å². The highest BCUT2D eigenvalue weighted by molar-refractivity contribution is 6.31. The van der Waals surface area contributed by atoms with E-state index in [0.29, 0.717) is 22.7 Å². The van der Waals surface area contributed by atoms with E-state index in [-0.39, 0.29) is 6.10 Å². The van der Waals surface area contributed by atoms with Crippen LogP contribution in [0.25, 0.3) is 6.08 Å². The third kappa shape index (κ3) is 4.42. The predicted octanol–water partition coefficient (Wildman–Crippen LogP) is 4.24. The summed E-state index contributed by atoms with van der Waals surface area (Å²) in [6.07, 6.45) is 9.56. The third-order valence-corrected chi connectivity index (χ3v) is 6.14. The third-order valence-electron chi connectivity index (χ3n) is 5.82. The molecule has 2 aromatic rings. The summed E-state index contributed by atoms with van der Waals surface area (Å²) < 4.78 is 6.08. The molecule has 29 heavy (non-hydrogen) atoms.